The van der Waals surface area contributed by atoms with Crippen LogP contribution in [0.5, 0.6) is 0 Å². The fourth-order valence-corrected chi connectivity index (χ4v) is 5.83. The standard InChI is InChI=1S/C31H30N6O4/c1-17-4-8-22-20(11-17)7-9-23(22)36-31(41)25-13-24(34-16-35-25)30(40)33-14-18-5-6-19-3-2-10-37(15-21(19)12-18)27-26(32)28(38)29(27)39/h4-6,8,11-13,16,23H,2-3,7,9-10,14-15,32H2,1H3,(H,33,40)(H,36,41)/t23-/m0/s1. The smallest absolute Gasteiger partial charge is 0.270 e. The maximum Gasteiger partial charge on any atom is 0.270 e. The van der Waals surface area contributed by atoms with Gasteiger partial charge in [0.05, 0.1) is 6.04 Å². The van der Waals surface area contributed by atoms with Crippen molar-refractivity contribution in [3.05, 3.63) is 114 Å². The fourth-order valence-electron chi connectivity index (χ4n) is 5.83. The summed E-state index contributed by atoms with van der Waals surface area (Å²) < 4.78 is 0. The minimum absolute atomic E-state index is 0.0305. The number of benzene rings is 2. The molecule has 2 aliphatic rings. The van der Waals surface area contributed by atoms with E-state index in [4.69, 9.17) is 5.73 Å². The molecule has 3 aromatic carbocycles. The van der Waals surface area contributed by atoms with Crippen LogP contribution in [0.4, 0.5) is 11.4 Å². The van der Waals surface area contributed by atoms with Gasteiger partial charge in [-0.1, -0.05) is 42.0 Å². The van der Waals surface area contributed by atoms with E-state index in [1.807, 2.05) is 29.2 Å². The summed E-state index contributed by atoms with van der Waals surface area (Å²) in [5.41, 5.74) is 11.8. The fraction of sp³-hybridized carbons (Fsp3) is 0.290. The zero-order valence-corrected chi connectivity index (χ0v) is 22.7. The van der Waals surface area contributed by atoms with E-state index in [2.05, 4.69) is 39.7 Å². The van der Waals surface area contributed by atoms with E-state index in [1.54, 1.807) is 0 Å². The van der Waals surface area contributed by atoms with Crippen molar-refractivity contribution >= 4 is 23.2 Å². The number of hydrogen-bond donors (Lipinski definition) is 3. The van der Waals surface area contributed by atoms with Crippen LogP contribution in [0.1, 0.15) is 73.2 Å². The lowest BCUT2D eigenvalue weighted by Gasteiger charge is -2.25. The van der Waals surface area contributed by atoms with Crippen molar-refractivity contribution in [2.75, 3.05) is 17.2 Å². The molecule has 10 heteroatoms. The summed E-state index contributed by atoms with van der Waals surface area (Å²) in [6.07, 6.45) is 4.62. The summed E-state index contributed by atoms with van der Waals surface area (Å²) in [4.78, 5) is 59.6. The van der Waals surface area contributed by atoms with Crippen LogP contribution in [-0.2, 0) is 25.9 Å². The Morgan fingerprint density at radius 2 is 1.76 bits per heavy atom. The molecule has 41 heavy (non-hydrogen) atoms. The first-order valence-electron chi connectivity index (χ1n) is 13.7. The van der Waals surface area contributed by atoms with Gasteiger partial charge in [0.25, 0.3) is 22.7 Å². The molecule has 0 unspecified atom stereocenters. The highest BCUT2D eigenvalue weighted by molar-refractivity contribution is 5.97. The highest BCUT2D eigenvalue weighted by atomic mass is 16.2. The lowest BCUT2D eigenvalue weighted by Crippen LogP contribution is -2.42. The second kappa shape index (κ2) is 10.6. The Balaban J connectivity index is 1.10. The minimum Gasteiger partial charge on any atom is -0.394 e. The van der Waals surface area contributed by atoms with Gasteiger partial charge in [-0.05, 0) is 60.4 Å². The van der Waals surface area contributed by atoms with Gasteiger partial charge in [-0.2, -0.15) is 0 Å². The largest absolute Gasteiger partial charge is 0.394 e. The number of nitrogens with zero attached hydrogens (tertiary/aromatic N) is 3. The van der Waals surface area contributed by atoms with Gasteiger partial charge >= 0.3 is 0 Å². The van der Waals surface area contributed by atoms with Crippen LogP contribution in [0.15, 0.2) is 58.4 Å². The second-order valence-corrected chi connectivity index (χ2v) is 10.8. The molecule has 1 aromatic heterocycles. The topological polar surface area (TPSA) is 147 Å². The van der Waals surface area contributed by atoms with Crippen molar-refractivity contribution in [1.82, 2.24) is 20.6 Å². The number of carbonyl (C=O) groups excluding carboxylic acids is 2. The predicted molar refractivity (Wildman–Crippen MR) is 154 cm³/mol. The Hall–Kier alpha value is -4.86. The highest BCUT2D eigenvalue weighted by Crippen LogP contribution is 2.32. The van der Waals surface area contributed by atoms with Crippen molar-refractivity contribution in [2.24, 2.45) is 0 Å². The van der Waals surface area contributed by atoms with Crippen molar-refractivity contribution in [3.63, 3.8) is 0 Å². The molecule has 0 radical (unpaired) electrons. The normalized spacial score (nSPS) is 16.1. The van der Waals surface area contributed by atoms with Crippen molar-refractivity contribution in [2.45, 2.75) is 51.7 Å². The van der Waals surface area contributed by atoms with Crippen molar-refractivity contribution < 1.29 is 9.59 Å². The van der Waals surface area contributed by atoms with Crippen LogP contribution >= 0.6 is 0 Å². The molecule has 6 rings (SSSR count). The van der Waals surface area contributed by atoms with E-state index in [0.29, 0.717) is 18.8 Å². The number of nitrogen functional groups attached to an aromatic ring is 1. The second-order valence-electron chi connectivity index (χ2n) is 10.8. The third-order valence-electron chi connectivity index (χ3n) is 8.01. The van der Waals surface area contributed by atoms with Crippen molar-refractivity contribution in [1.29, 1.82) is 0 Å². The third kappa shape index (κ3) is 5.08. The van der Waals surface area contributed by atoms with Gasteiger partial charge in [-0.3, -0.25) is 19.2 Å². The number of rotatable bonds is 6. The number of nitrogens with one attached hydrogen (secondary N) is 2. The van der Waals surface area contributed by atoms with Crippen LogP contribution in [0, 0.1) is 6.92 Å². The zero-order chi connectivity index (χ0) is 28.7. The number of hydrogen-bond acceptors (Lipinski definition) is 8. The van der Waals surface area contributed by atoms with E-state index in [-0.39, 0.29) is 35.6 Å². The maximum absolute atomic E-state index is 13.0. The molecule has 1 aliphatic carbocycles. The Morgan fingerprint density at radius 3 is 2.56 bits per heavy atom. The molecule has 4 aromatic rings. The Kier molecular flexibility index (Phi) is 6.82. The van der Waals surface area contributed by atoms with Crippen LogP contribution in [0.3, 0.4) is 0 Å². The molecule has 1 aliphatic heterocycles. The monoisotopic (exact) mass is 550 g/mol. The summed E-state index contributed by atoms with van der Waals surface area (Å²) in [7, 11) is 0. The number of aryl methyl sites for hydroxylation is 3. The molecule has 0 saturated heterocycles. The van der Waals surface area contributed by atoms with E-state index < -0.39 is 16.8 Å². The molecule has 0 fully saturated rings. The van der Waals surface area contributed by atoms with Gasteiger partial charge in [0, 0.05) is 25.7 Å². The third-order valence-corrected chi connectivity index (χ3v) is 8.01. The van der Waals surface area contributed by atoms with Crippen LogP contribution in [0.25, 0.3) is 0 Å². The predicted octanol–water partition coefficient (Wildman–Crippen LogP) is 2.26. The number of nitrogens with two attached hydrogens (primary N) is 1. The molecule has 208 valence electrons. The SMILES string of the molecule is Cc1ccc2c(c1)CC[C@@H]2NC(=O)c1cc(C(=O)NCc2ccc3c(c2)CN(c2c(N)c(=O)c2=O)CCC3)ncn1. The molecule has 4 N–H and O–H groups in total. The quantitative estimate of drug-likeness (QED) is 0.310. The lowest BCUT2D eigenvalue weighted by molar-refractivity contribution is 0.0931. The van der Waals surface area contributed by atoms with Gasteiger partial charge in [0.15, 0.2) is 0 Å². The molecular weight excluding hydrogens is 520 g/mol. The Labute approximate surface area is 236 Å². The lowest BCUT2D eigenvalue weighted by atomic mass is 10.0. The van der Waals surface area contributed by atoms with Crippen molar-refractivity contribution in [3.8, 4) is 0 Å². The number of fused-ring (bicyclic) bond motifs is 2. The summed E-state index contributed by atoms with van der Waals surface area (Å²) in [5.74, 6) is -0.770. The molecule has 0 bridgehead atoms. The number of anilines is 2. The average Bonchev–Trinajstić information content (AvgIpc) is 3.25. The van der Waals surface area contributed by atoms with Crippen LogP contribution in [-0.4, -0.2) is 28.3 Å². The van der Waals surface area contributed by atoms with Crippen LogP contribution in [0.2, 0.25) is 0 Å². The van der Waals surface area contributed by atoms with Gasteiger partial charge < -0.3 is 21.3 Å². The molecule has 10 nitrogen and oxygen atoms in total. The first-order valence-corrected chi connectivity index (χ1v) is 13.7. The Morgan fingerprint density at radius 1 is 0.951 bits per heavy atom. The summed E-state index contributed by atoms with van der Waals surface area (Å²) in [5, 5.41) is 5.91. The number of amides is 2. The first kappa shape index (κ1) is 26.4. The van der Waals surface area contributed by atoms with Gasteiger partial charge in [0.2, 0.25) is 0 Å². The summed E-state index contributed by atoms with van der Waals surface area (Å²) >= 11 is 0. The maximum atomic E-state index is 13.0. The number of carbonyl (C=O) groups is 2. The van der Waals surface area contributed by atoms with E-state index in [1.165, 1.54) is 23.5 Å². The van der Waals surface area contributed by atoms with Gasteiger partial charge in [-0.15, -0.1) is 0 Å². The summed E-state index contributed by atoms with van der Waals surface area (Å²) in [6, 6.07) is 13.5. The molecule has 0 spiro atoms. The first-order chi connectivity index (χ1) is 19.8. The van der Waals surface area contributed by atoms with Gasteiger partial charge in [0.1, 0.15) is 29.1 Å². The van der Waals surface area contributed by atoms with E-state index in [0.717, 1.165) is 47.9 Å². The van der Waals surface area contributed by atoms with Crippen LogP contribution < -0.4 is 32.1 Å². The highest BCUT2D eigenvalue weighted by Gasteiger charge is 2.27. The summed E-state index contributed by atoms with van der Waals surface area (Å²) in [6.45, 7) is 3.39. The minimum atomic E-state index is -0.620. The Bertz CT molecular complexity index is 1760. The van der Waals surface area contributed by atoms with E-state index >= 15 is 0 Å². The molecule has 1 atom stereocenters. The molecule has 2 amide bonds. The van der Waals surface area contributed by atoms with Gasteiger partial charge in [-0.25, -0.2) is 9.97 Å². The van der Waals surface area contributed by atoms with E-state index in [9.17, 15) is 19.2 Å². The molecular formula is C31H30N6O4. The number of aromatic nitrogens is 2. The average molecular weight is 551 g/mol. The molecule has 2 heterocycles. The molecule has 0 saturated carbocycles. The zero-order valence-electron chi connectivity index (χ0n) is 22.7.